The summed E-state index contributed by atoms with van der Waals surface area (Å²) in [4.78, 5) is 12.7. The lowest BCUT2D eigenvalue weighted by molar-refractivity contribution is -0.120. The molecule has 0 radical (unpaired) electrons. The molecule has 170 valence electrons. The smallest absolute Gasteiger partial charge is 0.243 e. The first kappa shape index (κ1) is 22.8. The summed E-state index contributed by atoms with van der Waals surface area (Å²) in [6.45, 7) is 0.465. The fourth-order valence-corrected chi connectivity index (χ4v) is 5.05. The van der Waals surface area contributed by atoms with Crippen molar-refractivity contribution in [2.45, 2.75) is 17.7 Å². The second-order valence-electron chi connectivity index (χ2n) is 7.70. The zero-order valence-electron chi connectivity index (χ0n) is 17.8. The number of hydrogen-bond donors (Lipinski definition) is 1. The molecule has 1 N–H and O–H groups in total. The van der Waals surface area contributed by atoms with Crippen LogP contribution in [-0.4, -0.2) is 31.7 Å². The van der Waals surface area contributed by atoms with Crippen molar-refractivity contribution in [3.05, 3.63) is 84.7 Å². The number of nitrogens with zero attached hydrogens (tertiary/aromatic N) is 3. The molecule has 3 aromatic rings. The molecule has 4 rings (SSSR count). The van der Waals surface area contributed by atoms with Gasteiger partial charge in [-0.15, -0.1) is 0 Å². The van der Waals surface area contributed by atoms with Crippen LogP contribution in [0.3, 0.4) is 0 Å². The number of azo groups is 1. The van der Waals surface area contributed by atoms with Gasteiger partial charge in [0.05, 0.1) is 16.3 Å². The number of halogens is 1. The Balaban J connectivity index is 1.31. The Morgan fingerprint density at radius 1 is 0.848 bits per heavy atom. The van der Waals surface area contributed by atoms with Crippen LogP contribution >= 0.6 is 0 Å². The highest BCUT2D eigenvalue weighted by atomic mass is 32.2. The van der Waals surface area contributed by atoms with Crippen LogP contribution in [0.2, 0.25) is 0 Å². The van der Waals surface area contributed by atoms with Gasteiger partial charge in [0, 0.05) is 24.7 Å². The van der Waals surface area contributed by atoms with Crippen molar-refractivity contribution in [1.82, 2.24) is 4.31 Å². The number of carbonyl (C=O) groups excluding carboxylic acids is 1. The number of carbonyl (C=O) groups is 1. The van der Waals surface area contributed by atoms with Gasteiger partial charge >= 0.3 is 0 Å². The van der Waals surface area contributed by atoms with Gasteiger partial charge in [0.15, 0.2) is 0 Å². The van der Waals surface area contributed by atoms with Gasteiger partial charge in [-0.3, -0.25) is 4.79 Å². The summed E-state index contributed by atoms with van der Waals surface area (Å²) in [6.07, 6.45) is 0.825. The number of benzene rings is 3. The Labute approximate surface area is 192 Å². The molecule has 1 aliphatic heterocycles. The summed E-state index contributed by atoms with van der Waals surface area (Å²) < 4.78 is 39.9. The van der Waals surface area contributed by atoms with E-state index in [0.29, 0.717) is 24.2 Å². The van der Waals surface area contributed by atoms with Crippen molar-refractivity contribution in [1.29, 1.82) is 0 Å². The lowest BCUT2D eigenvalue weighted by Gasteiger charge is -2.30. The summed E-state index contributed by atoms with van der Waals surface area (Å²) in [5.41, 5.74) is 2.05. The van der Waals surface area contributed by atoms with Crippen molar-refractivity contribution in [2.75, 3.05) is 18.4 Å². The predicted octanol–water partition coefficient (Wildman–Crippen LogP) is 5.28. The monoisotopic (exact) mass is 466 g/mol. The summed E-state index contributed by atoms with van der Waals surface area (Å²) in [7, 11) is -3.70. The Bertz CT molecular complexity index is 1220. The molecule has 33 heavy (non-hydrogen) atoms. The minimum Gasteiger partial charge on any atom is -0.326 e. The summed E-state index contributed by atoms with van der Waals surface area (Å²) in [5, 5.41) is 11.2. The minimum atomic E-state index is -3.70. The lowest BCUT2D eigenvalue weighted by Crippen LogP contribution is -2.41. The molecule has 0 spiro atoms. The molecule has 1 fully saturated rings. The van der Waals surface area contributed by atoms with Crippen molar-refractivity contribution in [2.24, 2.45) is 16.1 Å². The first-order valence-electron chi connectivity index (χ1n) is 10.6. The maximum Gasteiger partial charge on any atom is 0.243 e. The van der Waals surface area contributed by atoms with Crippen molar-refractivity contribution in [3.8, 4) is 0 Å². The van der Waals surface area contributed by atoms with Crippen LogP contribution in [-0.2, 0) is 14.8 Å². The number of piperidine rings is 1. The molecule has 1 aliphatic rings. The highest BCUT2D eigenvalue weighted by Gasteiger charge is 2.32. The number of hydrogen-bond acceptors (Lipinski definition) is 5. The van der Waals surface area contributed by atoms with Crippen LogP contribution in [0, 0.1) is 11.7 Å². The van der Waals surface area contributed by atoms with Crippen LogP contribution in [0.5, 0.6) is 0 Å². The van der Waals surface area contributed by atoms with Crippen LogP contribution < -0.4 is 5.32 Å². The Hall–Kier alpha value is -3.43. The van der Waals surface area contributed by atoms with Gasteiger partial charge in [-0.1, -0.05) is 18.2 Å². The Morgan fingerprint density at radius 3 is 2.03 bits per heavy atom. The molecule has 1 amide bonds. The maximum atomic E-state index is 13.1. The molecule has 0 unspecified atom stereocenters. The largest absolute Gasteiger partial charge is 0.326 e. The summed E-state index contributed by atoms with van der Waals surface area (Å²) in [6, 6.07) is 21.2. The third kappa shape index (κ3) is 5.68. The van der Waals surface area contributed by atoms with E-state index in [4.69, 9.17) is 0 Å². The van der Waals surface area contributed by atoms with Crippen molar-refractivity contribution < 1.29 is 17.6 Å². The third-order valence-corrected chi connectivity index (χ3v) is 7.36. The number of sulfonamides is 1. The van der Waals surface area contributed by atoms with Crippen molar-refractivity contribution >= 4 is 33.0 Å². The van der Waals surface area contributed by atoms with E-state index in [1.807, 2.05) is 30.3 Å². The minimum absolute atomic E-state index is 0.0521. The summed E-state index contributed by atoms with van der Waals surface area (Å²) in [5.74, 6) is -0.925. The molecule has 7 nitrogen and oxygen atoms in total. The first-order chi connectivity index (χ1) is 15.9. The number of anilines is 1. The average Bonchev–Trinajstić information content (AvgIpc) is 2.84. The zero-order valence-corrected chi connectivity index (χ0v) is 18.6. The quantitative estimate of drug-likeness (QED) is 0.501. The van der Waals surface area contributed by atoms with Crippen LogP contribution in [0.25, 0.3) is 0 Å². The molecule has 0 saturated carbocycles. The molecular formula is C24H23FN4O3S. The topological polar surface area (TPSA) is 91.2 Å². The van der Waals surface area contributed by atoms with Crippen LogP contribution in [0.15, 0.2) is 94.0 Å². The molecule has 1 heterocycles. The number of amides is 1. The third-order valence-electron chi connectivity index (χ3n) is 5.45. The SMILES string of the molecule is O=C(Nc1ccc(N=Nc2ccccc2)cc1)C1CCN(S(=O)(=O)c2ccc(F)cc2)CC1. The van der Waals surface area contributed by atoms with Gasteiger partial charge in [0.25, 0.3) is 0 Å². The lowest BCUT2D eigenvalue weighted by atomic mass is 9.97. The van der Waals surface area contributed by atoms with E-state index >= 15 is 0 Å². The van der Waals surface area contributed by atoms with E-state index < -0.39 is 15.8 Å². The van der Waals surface area contributed by atoms with Crippen molar-refractivity contribution in [3.63, 3.8) is 0 Å². The van der Waals surface area contributed by atoms with Gasteiger partial charge in [-0.05, 0) is 73.5 Å². The van der Waals surface area contributed by atoms with E-state index in [0.717, 1.165) is 17.8 Å². The Morgan fingerprint density at radius 2 is 1.42 bits per heavy atom. The Kier molecular flexibility index (Phi) is 6.90. The molecule has 0 aliphatic carbocycles. The van der Waals surface area contributed by atoms with Crippen LogP contribution in [0.4, 0.5) is 21.5 Å². The van der Waals surface area contributed by atoms with E-state index in [1.54, 1.807) is 24.3 Å². The maximum absolute atomic E-state index is 13.1. The number of rotatable bonds is 6. The van der Waals surface area contributed by atoms with E-state index in [2.05, 4.69) is 15.5 Å². The first-order valence-corrected chi connectivity index (χ1v) is 12.0. The van der Waals surface area contributed by atoms with E-state index in [-0.39, 0.29) is 29.8 Å². The summed E-state index contributed by atoms with van der Waals surface area (Å²) >= 11 is 0. The van der Waals surface area contributed by atoms with E-state index in [9.17, 15) is 17.6 Å². The molecule has 3 aromatic carbocycles. The molecule has 0 bridgehead atoms. The highest BCUT2D eigenvalue weighted by Crippen LogP contribution is 2.26. The second kappa shape index (κ2) is 10.0. The average molecular weight is 467 g/mol. The van der Waals surface area contributed by atoms with Gasteiger partial charge < -0.3 is 5.32 Å². The fraction of sp³-hybridized carbons (Fsp3) is 0.208. The normalized spacial score (nSPS) is 15.5. The predicted molar refractivity (Wildman–Crippen MR) is 124 cm³/mol. The second-order valence-corrected chi connectivity index (χ2v) is 9.64. The standard InChI is InChI=1S/C24H23FN4O3S/c25-19-6-12-23(13-7-19)33(31,32)29-16-14-18(15-17-29)24(30)26-20-8-10-22(11-9-20)28-27-21-4-2-1-3-5-21/h1-13,18H,14-17H2,(H,26,30). The highest BCUT2D eigenvalue weighted by molar-refractivity contribution is 7.89. The van der Waals surface area contributed by atoms with Gasteiger partial charge in [0.1, 0.15) is 5.82 Å². The van der Waals surface area contributed by atoms with Gasteiger partial charge in [-0.2, -0.15) is 14.5 Å². The molecule has 0 aromatic heterocycles. The molecule has 1 saturated heterocycles. The molecular weight excluding hydrogens is 443 g/mol. The molecule has 9 heteroatoms. The number of nitrogens with one attached hydrogen (secondary N) is 1. The zero-order chi connectivity index (χ0) is 23.3. The van der Waals surface area contributed by atoms with E-state index in [1.165, 1.54) is 16.4 Å². The van der Waals surface area contributed by atoms with Gasteiger partial charge in [0.2, 0.25) is 15.9 Å². The molecule has 0 atom stereocenters. The fourth-order valence-electron chi connectivity index (χ4n) is 3.58. The van der Waals surface area contributed by atoms with Crippen LogP contribution in [0.1, 0.15) is 12.8 Å². The van der Waals surface area contributed by atoms with Gasteiger partial charge in [-0.25, -0.2) is 12.8 Å².